The predicted octanol–water partition coefficient (Wildman–Crippen LogP) is 0.760. The molecule has 104 valence electrons. The van der Waals surface area contributed by atoms with Crippen LogP contribution in [0.4, 0.5) is 19.0 Å². The van der Waals surface area contributed by atoms with Gasteiger partial charge in [-0.15, -0.1) is 0 Å². The first kappa shape index (κ1) is 13.5. The number of aryl methyl sites for hydroxylation is 1. The molecule has 2 aromatic heterocycles. The van der Waals surface area contributed by atoms with E-state index in [-0.39, 0.29) is 24.7 Å². The van der Waals surface area contributed by atoms with Gasteiger partial charge < -0.3 is 10.6 Å². The molecular formula is C10H13F3N6. The van der Waals surface area contributed by atoms with Gasteiger partial charge in [-0.05, 0) is 6.92 Å². The molecule has 0 amide bonds. The standard InChI is InChI=1S/C10H13F3N6/c1-7-4-8(19-9(17-7)15-6-16-19)18(3-2-14)5-10(11,12)13/h4,6H,2-3,5,14H2,1H3. The molecule has 0 aromatic carbocycles. The highest BCUT2D eigenvalue weighted by atomic mass is 19.4. The van der Waals surface area contributed by atoms with E-state index >= 15 is 0 Å². The molecular weight excluding hydrogens is 261 g/mol. The first-order valence-electron chi connectivity index (χ1n) is 5.60. The van der Waals surface area contributed by atoms with Crippen molar-refractivity contribution < 1.29 is 13.2 Å². The zero-order valence-corrected chi connectivity index (χ0v) is 10.2. The second-order valence-electron chi connectivity index (χ2n) is 4.05. The van der Waals surface area contributed by atoms with E-state index in [1.165, 1.54) is 16.9 Å². The molecule has 0 spiro atoms. The zero-order chi connectivity index (χ0) is 14.0. The van der Waals surface area contributed by atoms with Gasteiger partial charge in [0, 0.05) is 24.8 Å². The molecule has 6 nitrogen and oxygen atoms in total. The van der Waals surface area contributed by atoms with Crippen LogP contribution in [0.1, 0.15) is 5.69 Å². The maximum Gasteiger partial charge on any atom is 0.405 e. The fourth-order valence-electron chi connectivity index (χ4n) is 1.78. The highest BCUT2D eigenvalue weighted by Gasteiger charge is 2.31. The van der Waals surface area contributed by atoms with Crippen LogP contribution in [0, 0.1) is 6.92 Å². The fourth-order valence-corrected chi connectivity index (χ4v) is 1.78. The van der Waals surface area contributed by atoms with Crippen LogP contribution in [0.5, 0.6) is 0 Å². The van der Waals surface area contributed by atoms with Crippen molar-refractivity contribution >= 4 is 11.6 Å². The van der Waals surface area contributed by atoms with Gasteiger partial charge in [0.05, 0.1) is 0 Å². The smallest absolute Gasteiger partial charge is 0.346 e. The lowest BCUT2D eigenvalue weighted by atomic mass is 10.3. The summed E-state index contributed by atoms with van der Waals surface area (Å²) in [6, 6.07) is 1.53. The summed E-state index contributed by atoms with van der Waals surface area (Å²) in [6.45, 7) is 0.764. The summed E-state index contributed by atoms with van der Waals surface area (Å²) in [5.41, 5.74) is 5.94. The highest BCUT2D eigenvalue weighted by molar-refractivity contribution is 5.47. The molecule has 0 fully saturated rings. The van der Waals surface area contributed by atoms with E-state index in [9.17, 15) is 13.2 Å². The van der Waals surface area contributed by atoms with Crippen molar-refractivity contribution in [3.05, 3.63) is 18.1 Å². The van der Waals surface area contributed by atoms with Crippen LogP contribution in [0.15, 0.2) is 12.4 Å². The number of alkyl halides is 3. The Morgan fingerprint density at radius 3 is 2.79 bits per heavy atom. The lowest BCUT2D eigenvalue weighted by Crippen LogP contribution is -2.39. The second-order valence-corrected chi connectivity index (χ2v) is 4.05. The maximum atomic E-state index is 12.6. The molecule has 0 saturated carbocycles. The Morgan fingerprint density at radius 1 is 1.42 bits per heavy atom. The number of nitrogens with zero attached hydrogens (tertiary/aromatic N) is 5. The van der Waals surface area contributed by atoms with E-state index in [2.05, 4.69) is 15.1 Å². The fraction of sp³-hybridized carbons (Fsp3) is 0.500. The van der Waals surface area contributed by atoms with Gasteiger partial charge in [-0.3, -0.25) is 0 Å². The summed E-state index contributed by atoms with van der Waals surface area (Å²) >= 11 is 0. The molecule has 0 saturated heterocycles. The quantitative estimate of drug-likeness (QED) is 0.891. The largest absolute Gasteiger partial charge is 0.405 e. The van der Waals surface area contributed by atoms with E-state index in [0.717, 1.165) is 4.90 Å². The number of rotatable bonds is 4. The van der Waals surface area contributed by atoms with Crippen LogP contribution in [-0.4, -0.2) is 45.4 Å². The van der Waals surface area contributed by atoms with Gasteiger partial charge in [0.2, 0.25) is 0 Å². The SMILES string of the molecule is Cc1cc(N(CCN)CC(F)(F)F)n2ncnc2n1. The third-order valence-corrected chi connectivity index (χ3v) is 2.45. The molecule has 9 heteroatoms. The minimum absolute atomic E-state index is 0.0674. The zero-order valence-electron chi connectivity index (χ0n) is 10.2. The van der Waals surface area contributed by atoms with Crippen molar-refractivity contribution in [1.82, 2.24) is 19.6 Å². The molecule has 2 aromatic rings. The number of nitrogens with two attached hydrogens (primary N) is 1. The van der Waals surface area contributed by atoms with Crippen molar-refractivity contribution in [3.63, 3.8) is 0 Å². The normalized spacial score (nSPS) is 12.1. The van der Waals surface area contributed by atoms with Gasteiger partial charge in [-0.2, -0.15) is 27.8 Å². The molecule has 0 atom stereocenters. The van der Waals surface area contributed by atoms with Gasteiger partial charge >= 0.3 is 6.18 Å². The van der Waals surface area contributed by atoms with Crippen molar-refractivity contribution in [2.24, 2.45) is 5.73 Å². The summed E-state index contributed by atoms with van der Waals surface area (Å²) in [4.78, 5) is 9.09. The molecule has 0 bridgehead atoms. The topological polar surface area (TPSA) is 72.3 Å². The van der Waals surface area contributed by atoms with Gasteiger partial charge in [-0.25, -0.2) is 4.98 Å². The summed E-state index contributed by atoms with van der Waals surface area (Å²) < 4.78 is 39.1. The van der Waals surface area contributed by atoms with Crippen molar-refractivity contribution in [2.45, 2.75) is 13.1 Å². The van der Waals surface area contributed by atoms with Crippen LogP contribution in [0.25, 0.3) is 5.78 Å². The number of hydrogen-bond donors (Lipinski definition) is 1. The van der Waals surface area contributed by atoms with Crippen molar-refractivity contribution in [2.75, 3.05) is 24.5 Å². The summed E-state index contributed by atoms with van der Waals surface area (Å²) in [5, 5.41) is 3.89. The Bertz CT molecular complexity index is 564. The van der Waals surface area contributed by atoms with Gasteiger partial charge in [0.15, 0.2) is 0 Å². The van der Waals surface area contributed by atoms with Crippen molar-refractivity contribution in [1.29, 1.82) is 0 Å². The average Bonchev–Trinajstić information content (AvgIpc) is 2.73. The van der Waals surface area contributed by atoms with E-state index < -0.39 is 12.7 Å². The van der Waals surface area contributed by atoms with Crippen LogP contribution >= 0.6 is 0 Å². The Labute approximate surface area is 107 Å². The molecule has 0 aliphatic rings. The van der Waals surface area contributed by atoms with Gasteiger partial charge in [-0.1, -0.05) is 0 Å². The van der Waals surface area contributed by atoms with Gasteiger partial charge in [0.25, 0.3) is 5.78 Å². The Kier molecular flexibility index (Phi) is 3.56. The number of fused-ring (bicyclic) bond motifs is 1. The molecule has 2 heterocycles. The van der Waals surface area contributed by atoms with Crippen LogP contribution in [0.2, 0.25) is 0 Å². The van der Waals surface area contributed by atoms with Gasteiger partial charge in [0.1, 0.15) is 18.7 Å². The molecule has 2 N–H and O–H groups in total. The predicted molar refractivity (Wildman–Crippen MR) is 62.8 cm³/mol. The lowest BCUT2D eigenvalue weighted by molar-refractivity contribution is -0.119. The molecule has 2 rings (SSSR count). The van der Waals surface area contributed by atoms with E-state index in [1.807, 2.05) is 0 Å². The van der Waals surface area contributed by atoms with E-state index in [0.29, 0.717) is 5.69 Å². The third kappa shape index (κ3) is 3.11. The van der Waals surface area contributed by atoms with Crippen LogP contribution in [0.3, 0.4) is 0 Å². The first-order valence-corrected chi connectivity index (χ1v) is 5.60. The average molecular weight is 274 g/mol. The molecule has 0 unspecified atom stereocenters. The Morgan fingerprint density at radius 2 is 2.16 bits per heavy atom. The monoisotopic (exact) mass is 274 g/mol. The van der Waals surface area contributed by atoms with Crippen LogP contribution < -0.4 is 10.6 Å². The molecule has 0 aliphatic carbocycles. The maximum absolute atomic E-state index is 12.6. The first-order chi connectivity index (χ1) is 8.90. The van der Waals surface area contributed by atoms with Crippen molar-refractivity contribution in [3.8, 4) is 0 Å². The molecule has 19 heavy (non-hydrogen) atoms. The van der Waals surface area contributed by atoms with E-state index in [4.69, 9.17) is 5.73 Å². The lowest BCUT2D eigenvalue weighted by Gasteiger charge is -2.25. The summed E-state index contributed by atoms with van der Waals surface area (Å²) in [7, 11) is 0. The molecule has 0 radical (unpaired) electrons. The Balaban J connectivity index is 2.45. The minimum atomic E-state index is -4.32. The number of halogens is 3. The summed E-state index contributed by atoms with van der Waals surface area (Å²) in [6.07, 6.45) is -3.07. The van der Waals surface area contributed by atoms with E-state index in [1.54, 1.807) is 6.92 Å². The Hall–Kier alpha value is -1.90. The highest BCUT2D eigenvalue weighted by Crippen LogP contribution is 2.22. The van der Waals surface area contributed by atoms with Crippen LogP contribution in [-0.2, 0) is 0 Å². The third-order valence-electron chi connectivity index (χ3n) is 2.45. The molecule has 0 aliphatic heterocycles. The minimum Gasteiger partial charge on any atom is -0.346 e. The number of hydrogen-bond acceptors (Lipinski definition) is 5. The number of anilines is 1. The second kappa shape index (κ2) is 5.00. The number of aromatic nitrogens is 4. The summed E-state index contributed by atoms with van der Waals surface area (Å²) in [5.74, 6) is 0.543.